The number of non-ortho nitro benzene ring substituents is 1. The van der Waals surface area contributed by atoms with Crippen LogP contribution in [0, 0.1) is 24.0 Å². The average Bonchev–Trinajstić information content (AvgIpc) is 3.15. The molecule has 0 unspecified atom stereocenters. The number of nitro groups is 1. The van der Waals surface area contributed by atoms with Gasteiger partial charge in [0, 0.05) is 12.1 Å². The van der Waals surface area contributed by atoms with Gasteiger partial charge in [-0.2, -0.15) is 5.10 Å². The number of fused-ring (bicyclic) bond motifs is 1. The van der Waals surface area contributed by atoms with Gasteiger partial charge in [-0.05, 0) is 38.1 Å². The predicted octanol–water partition coefficient (Wildman–Crippen LogP) is 3.94. The Hall–Kier alpha value is -3.48. The van der Waals surface area contributed by atoms with Crippen LogP contribution in [-0.2, 0) is 0 Å². The van der Waals surface area contributed by atoms with E-state index in [9.17, 15) is 10.1 Å². The van der Waals surface area contributed by atoms with Crippen LogP contribution in [0.3, 0.4) is 0 Å². The third-order valence-electron chi connectivity index (χ3n) is 4.22. The maximum Gasteiger partial charge on any atom is 0.269 e. The van der Waals surface area contributed by atoms with Gasteiger partial charge in [0.25, 0.3) is 5.69 Å². The van der Waals surface area contributed by atoms with Gasteiger partial charge >= 0.3 is 0 Å². The van der Waals surface area contributed by atoms with Crippen LogP contribution >= 0.6 is 0 Å². The van der Waals surface area contributed by atoms with E-state index in [0.717, 1.165) is 39.5 Å². The van der Waals surface area contributed by atoms with Crippen LogP contribution in [0.2, 0.25) is 0 Å². The summed E-state index contributed by atoms with van der Waals surface area (Å²) in [5, 5.41) is 15.4. The van der Waals surface area contributed by atoms with E-state index in [1.165, 1.54) is 12.1 Å². The Bertz CT molecular complexity index is 1060. The summed E-state index contributed by atoms with van der Waals surface area (Å²) in [6, 6.07) is 14.2. The summed E-state index contributed by atoms with van der Waals surface area (Å²) in [7, 11) is 0. The summed E-state index contributed by atoms with van der Waals surface area (Å²) in [6.45, 7) is 3.89. The van der Waals surface area contributed by atoms with Gasteiger partial charge in [0.2, 0.25) is 0 Å². The second-order valence-electron chi connectivity index (χ2n) is 5.83. The highest BCUT2D eigenvalue weighted by Gasteiger charge is 2.18. The van der Waals surface area contributed by atoms with Crippen molar-refractivity contribution >= 4 is 16.7 Å². The molecule has 0 aliphatic heterocycles. The van der Waals surface area contributed by atoms with E-state index in [0.29, 0.717) is 0 Å². The van der Waals surface area contributed by atoms with Crippen molar-refractivity contribution < 1.29 is 4.92 Å². The number of aryl methyl sites for hydroxylation is 1. The zero-order chi connectivity index (χ0) is 17.6. The van der Waals surface area contributed by atoms with Crippen molar-refractivity contribution in [3.63, 3.8) is 0 Å². The molecule has 0 radical (unpaired) electrons. The molecule has 7 heteroatoms. The number of aromatic amines is 1. The number of nitrogens with one attached hydrogen (secondary N) is 1. The molecule has 1 N–H and O–H groups in total. The first kappa shape index (κ1) is 15.1. The lowest BCUT2D eigenvalue weighted by Gasteiger charge is -2.04. The summed E-state index contributed by atoms with van der Waals surface area (Å²) >= 11 is 0. The fourth-order valence-corrected chi connectivity index (χ4v) is 3.02. The molecule has 7 nitrogen and oxygen atoms in total. The van der Waals surface area contributed by atoms with E-state index in [1.807, 2.05) is 38.1 Å². The van der Waals surface area contributed by atoms with Gasteiger partial charge in [0.05, 0.1) is 38.6 Å². The maximum absolute atomic E-state index is 10.8. The van der Waals surface area contributed by atoms with E-state index in [4.69, 9.17) is 0 Å². The van der Waals surface area contributed by atoms with Crippen molar-refractivity contribution in [1.82, 2.24) is 19.7 Å². The van der Waals surface area contributed by atoms with Gasteiger partial charge in [-0.25, -0.2) is 9.67 Å². The van der Waals surface area contributed by atoms with Crippen LogP contribution in [0.25, 0.3) is 28.1 Å². The van der Waals surface area contributed by atoms with Crippen molar-refractivity contribution in [3.05, 3.63) is 70.0 Å². The first-order valence-corrected chi connectivity index (χ1v) is 7.81. The van der Waals surface area contributed by atoms with Gasteiger partial charge in [0.15, 0.2) is 0 Å². The second-order valence-corrected chi connectivity index (χ2v) is 5.83. The molecule has 124 valence electrons. The van der Waals surface area contributed by atoms with E-state index < -0.39 is 4.92 Å². The van der Waals surface area contributed by atoms with Gasteiger partial charge < -0.3 is 4.98 Å². The lowest BCUT2D eigenvalue weighted by molar-refractivity contribution is -0.384. The molecule has 0 saturated carbocycles. The number of hydrogen-bond acceptors (Lipinski definition) is 4. The van der Waals surface area contributed by atoms with E-state index in [-0.39, 0.29) is 5.69 Å². The number of para-hydroxylation sites is 2. The van der Waals surface area contributed by atoms with E-state index in [1.54, 1.807) is 16.8 Å². The smallest absolute Gasteiger partial charge is 0.269 e. The predicted molar refractivity (Wildman–Crippen MR) is 94.8 cm³/mol. The van der Waals surface area contributed by atoms with Crippen LogP contribution < -0.4 is 0 Å². The highest BCUT2D eigenvalue weighted by atomic mass is 16.6. The Morgan fingerprint density at radius 1 is 1.08 bits per heavy atom. The SMILES string of the molecule is Cc1nn(-c2ccc([N+](=O)[O-])cc2)c(C)c1-c1nc2ccccc2[nH]1. The summed E-state index contributed by atoms with van der Waals surface area (Å²) < 4.78 is 1.78. The minimum Gasteiger partial charge on any atom is -0.338 e. The number of H-pyrrole nitrogens is 1. The lowest BCUT2D eigenvalue weighted by atomic mass is 10.2. The third-order valence-corrected chi connectivity index (χ3v) is 4.22. The van der Waals surface area contributed by atoms with Crippen LogP contribution in [0.4, 0.5) is 5.69 Å². The summed E-state index contributed by atoms with van der Waals surface area (Å²) in [5.41, 5.74) is 5.41. The Balaban J connectivity index is 1.82. The lowest BCUT2D eigenvalue weighted by Crippen LogP contribution is -1.99. The Morgan fingerprint density at radius 3 is 2.48 bits per heavy atom. The topological polar surface area (TPSA) is 89.6 Å². The van der Waals surface area contributed by atoms with Crippen molar-refractivity contribution in [3.8, 4) is 17.1 Å². The number of rotatable bonds is 3. The van der Waals surface area contributed by atoms with Crippen LogP contribution in [0.5, 0.6) is 0 Å². The molecule has 4 rings (SSSR count). The number of nitrogens with zero attached hydrogens (tertiary/aromatic N) is 4. The number of imidazole rings is 1. The minimum atomic E-state index is -0.412. The fourth-order valence-electron chi connectivity index (χ4n) is 3.02. The zero-order valence-corrected chi connectivity index (χ0v) is 13.7. The van der Waals surface area contributed by atoms with Crippen molar-refractivity contribution in [2.75, 3.05) is 0 Å². The minimum absolute atomic E-state index is 0.0581. The molecule has 0 aliphatic rings. The Kier molecular flexibility index (Phi) is 3.35. The molecule has 2 aromatic heterocycles. The van der Waals surface area contributed by atoms with Crippen molar-refractivity contribution in [2.45, 2.75) is 13.8 Å². The molecular weight excluding hydrogens is 318 g/mol. The molecule has 0 saturated heterocycles. The maximum atomic E-state index is 10.8. The molecule has 4 aromatic rings. The summed E-state index contributed by atoms with van der Waals surface area (Å²) in [5.74, 6) is 0.768. The first-order valence-electron chi connectivity index (χ1n) is 7.81. The number of aromatic nitrogens is 4. The Labute approximate surface area is 143 Å². The molecule has 2 heterocycles. The van der Waals surface area contributed by atoms with Crippen LogP contribution in [0.1, 0.15) is 11.4 Å². The van der Waals surface area contributed by atoms with Crippen molar-refractivity contribution in [1.29, 1.82) is 0 Å². The van der Waals surface area contributed by atoms with Gasteiger partial charge in [0.1, 0.15) is 5.82 Å². The highest BCUT2D eigenvalue weighted by Crippen LogP contribution is 2.28. The summed E-state index contributed by atoms with van der Waals surface area (Å²) in [6.07, 6.45) is 0. The molecule has 25 heavy (non-hydrogen) atoms. The average molecular weight is 333 g/mol. The monoisotopic (exact) mass is 333 g/mol. The highest BCUT2D eigenvalue weighted by molar-refractivity contribution is 5.80. The largest absolute Gasteiger partial charge is 0.338 e. The van der Waals surface area contributed by atoms with Gasteiger partial charge in [-0.15, -0.1) is 0 Å². The number of benzene rings is 2. The summed E-state index contributed by atoms with van der Waals surface area (Å²) in [4.78, 5) is 18.4. The Morgan fingerprint density at radius 2 is 1.80 bits per heavy atom. The molecule has 0 atom stereocenters. The molecule has 0 aliphatic carbocycles. The first-order chi connectivity index (χ1) is 12.0. The standard InChI is InChI=1S/C18H15N5O2/c1-11-17(18-19-15-5-3-4-6-16(15)20-18)12(2)22(21-11)13-7-9-14(10-8-13)23(24)25/h3-10H,1-2H3,(H,19,20). The molecule has 0 bridgehead atoms. The van der Waals surface area contributed by atoms with Crippen molar-refractivity contribution in [2.24, 2.45) is 0 Å². The van der Waals surface area contributed by atoms with E-state index >= 15 is 0 Å². The number of nitro benzene ring substituents is 1. The molecular formula is C18H15N5O2. The third kappa shape index (κ3) is 2.46. The molecule has 0 spiro atoms. The quantitative estimate of drug-likeness (QED) is 0.454. The van der Waals surface area contributed by atoms with Gasteiger partial charge in [-0.3, -0.25) is 10.1 Å². The second kappa shape index (κ2) is 5.55. The molecule has 2 aromatic carbocycles. The normalized spacial score (nSPS) is 11.1. The molecule has 0 amide bonds. The fraction of sp³-hybridized carbons (Fsp3) is 0.111. The number of hydrogen-bond donors (Lipinski definition) is 1. The van der Waals surface area contributed by atoms with Crippen LogP contribution in [-0.4, -0.2) is 24.7 Å². The van der Waals surface area contributed by atoms with E-state index in [2.05, 4.69) is 15.1 Å². The zero-order valence-electron chi connectivity index (χ0n) is 13.7. The molecule has 0 fully saturated rings. The van der Waals surface area contributed by atoms with Crippen LogP contribution in [0.15, 0.2) is 48.5 Å². The van der Waals surface area contributed by atoms with Gasteiger partial charge in [-0.1, -0.05) is 12.1 Å².